The highest BCUT2D eigenvalue weighted by atomic mass is 16.4. The van der Waals surface area contributed by atoms with Crippen LogP contribution in [-0.4, -0.2) is 41.0 Å². The molecule has 0 aromatic carbocycles. The standard InChI is InChI=1S/C13H17N3O4/c1-8(2)6-14-11(17)7-15-12(18)9-4-3-5-10(16-9)13(19)20/h3-5,8H,6-7H2,1-2H3,(H,14,17)(H,15,18)(H,19,20). The summed E-state index contributed by atoms with van der Waals surface area (Å²) in [4.78, 5) is 37.5. The van der Waals surface area contributed by atoms with Crippen LogP contribution in [0.15, 0.2) is 18.2 Å². The van der Waals surface area contributed by atoms with Crippen LogP contribution in [0.5, 0.6) is 0 Å². The van der Waals surface area contributed by atoms with Gasteiger partial charge in [-0.15, -0.1) is 0 Å². The van der Waals surface area contributed by atoms with Crippen LogP contribution in [0.25, 0.3) is 0 Å². The maximum Gasteiger partial charge on any atom is 0.354 e. The summed E-state index contributed by atoms with van der Waals surface area (Å²) < 4.78 is 0. The van der Waals surface area contributed by atoms with Gasteiger partial charge in [0.25, 0.3) is 5.91 Å². The maximum atomic E-state index is 11.7. The van der Waals surface area contributed by atoms with Gasteiger partial charge in [0.1, 0.15) is 11.4 Å². The smallest absolute Gasteiger partial charge is 0.354 e. The van der Waals surface area contributed by atoms with Crippen molar-refractivity contribution in [2.45, 2.75) is 13.8 Å². The fourth-order valence-electron chi connectivity index (χ4n) is 1.31. The van der Waals surface area contributed by atoms with Crippen molar-refractivity contribution in [2.24, 2.45) is 5.92 Å². The zero-order chi connectivity index (χ0) is 15.1. The molecule has 2 amide bonds. The van der Waals surface area contributed by atoms with Crippen molar-refractivity contribution in [3.63, 3.8) is 0 Å². The van der Waals surface area contributed by atoms with Crippen LogP contribution in [0.1, 0.15) is 34.8 Å². The molecule has 7 nitrogen and oxygen atoms in total. The zero-order valence-corrected chi connectivity index (χ0v) is 11.3. The van der Waals surface area contributed by atoms with Crippen molar-refractivity contribution in [1.82, 2.24) is 15.6 Å². The molecule has 3 N–H and O–H groups in total. The summed E-state index contributed by atoms with van der Waals surface area (Å²) in [5, 5.41) is 13.8. The molecule has 7 heteroatoms. The van der Waals surface area contributed by atoms with Gasteiger partial charge in [-0.2, -0.15) is 0 Å². The topological polar surface area (TPSA) is 108 Å². The van der Waals surface area contributed by atoms with Crippen molar-refractivity contribution in [1.29, 1.82) is 0 Å². The summed E-state index contributed by atoms with van der Waals surface area (Å²) >= 11 is 0. The van der Waals surface area contributed by atoms with Crippen molar-refractivity contribution in [3.8, 4) is 0 Å². The van der Waals surface area contributed by atoms with E-state index in [0.29, 0.717) is 12.5 Å². The molecule has 1 heterocycles. The first-order valence-corrected chi connectivity index (χ1v) is 6.15. The highest BCUT2D eigenvalue weighted by molar-refractivity contribution is 5.96. The molecule has 0 saturated heterocycles. The van der Waals surface area contributed by atoms with Gasteiger partial charge in [0.15, 0.2) is 0 Å². The van der Waals surface area contributed by atoms with E-state index in [0.717, 1.165) is 0 Å². The quantitative estimate of drug-likeness (QED) is 0.693. The number of nitrogens with one attached hydrogen (secondary N) is 2. The van der Waals surface area contributed by atoms with Crippen LogP contribution >= 0.6 is 0 Å². The van der Waals surface area contributed by atoms with Gasteiger partial charge in [-0.3, -0.25) is 9.59 Å². The lowest BCUT2D eigenvalue weighted by Crippen LogP contribution is -2.38. The Morgan fingerprint density at radius 2 is 1.85 bits per heavy atom. The molecule has 0 aliphatic carbocycles. The Morgan fingerprint density at radius 3 is 2.45 bits per heavy atom. The van der Waals surface area contributed by atoms with Crippen molar-refractivity contribution in [3.05, 3.63) is 29.6 Å². The summed E-state index contributed by atoms with van der Waals surface area (Å²) in [6, 6.07) is 4.09. The maximum absolute atomic E-state index is 11.7. The second-order valence-electron chi connectivity index (χ2n) is 4.59. The summed E-state index contributed by atoms with van der Waals surface area (Å²) in [7, 11) is 0. The van der Waals surface area contributed by atoms with E-state index < -0.39 is 11.9 Å². The van der Waals surface area contributed by atoms with Gasteiger partial charge in [0.05, 0.1) is 6.54 Å². The second kappa shape index (κ2) is 7.22. The predicted octanol–water partition coefficient (Wildman–Crippen LogP) is 0.282. The summed E-state index contributed by atoms with van der Waals surface area (Å²) in [5.41, 5.74) is -0.261. The van der Waals surface area contributed by atoms with Crippen LogP contribution in [0.2, 0.25) is 0 Å². The predicted molar refractivity (Wildman–Crippen MR) is 71.4 cm³/mol. The Balaban J connectivity index is 2.53. The molecule has 0 aliphatic heterocycles. The number of rotatable bonds is 6. The minimum absolute atomic E-state index is 0.0402. The number of carboxylic acid groups (broad SMARTS) is 1. The molecule has 108 valence electrons. The number of pyridine rings is 1. The van der Waals surface area contributed by atoms with E-state index in [4.69, 9.17) is 5.11 Å². The van der Waals surface area contributed by atoms with Gasteiger partial charge in [0.2, 0.25) is 5.91 Å². The van der Waals surface area contributed by atoms with Gasteiger partial charge in [0, 0.05) is 6.54 Å². The normalized spacial score (nSPS) is 10.2. The highest BCUT2D eigenvalue weighted by Gasteiger charge is 2.12. The van der Waals surface area contributed by atoms with Gasteiger partial charge >= 0.3 is 5.97 Å². The number of carbonyl (C=O) groups excluding carboxylic acids is 2. The molecule has 0 saturated carbocycles. The van der Waals surface area contributed by atoms with Crippen LogP contribution in [-0.2, 0) is 4.79 Å². The Morgan fingerprint density at radius 1 is 1.20 bits per heavy atom. The van der Waals surface area contributed by atoms with Crippen molar-refractivity contribution in [2.75, 3.05) is 13.1 Å². The molecule has 1 rings (SSSR count). The molecule has 0 radical (unpaired) electrons. The molecule has 0 atom stereocenters. The number of hydrogen-bond donors (Lipinski definition) is 3. The number of hydrogen-bond acceptors (Lipinski definition) is 4. The minimum atomic E-state index is -1.21. The molecule has 0 aliphatic rings. The molecule has 0 fully saturated rings. The first-order valence-electron chi connectivity index (χ1n) is 6.15. The van der Waals surface area contributed by atoms with Gasteiger partial charge in [-0.25, -0.2) is 9.78 Å². The Hall–Kier alpha value is -2.44. The molecule has 0 unspecified atom stereocenters. The number of carboxylic acids is 1. The Kier molecular flexibility index (Phi) is 5.64. The lowest BCUT2D eigenvalue weighted by Gasteiger charge is -2.08. The SMILES string of the molecule is CC(C)CNC(=O)CNC(=O)c1cccc(C(=O)O)n1. The molecule has 1 aromatic rings. The van der Waals surface area contributed by atoms with E-state index in [1.54, 1.807) is 0 Å². The van der Waals surface area contributed by atoms with E-state index in [1.165, 1.54) is 18.2 Å². The zero-order valence-electron chi connectivity index (χ0n) is 11.3. The monoisotopic (exact) mass is 279 g/mol. The van der Waals surface area contributed by atoms with E-state index >= 15 is 0 Å². The van der Waals surface area contributed by atoms with Crippen LogP contribution in [0, 0.1) is 5.92 Å². The van der Waals surface area contributed by atoms with E-state index in [-0.39, 0.29) is 23.8 Å². The van der Waals surface area contributed by atoms with E-state index in [1.807, 2.05) is 13.8 Å². The molecular formula is C13H17N3O4. The summed E-state index contributed by atoms with van der Waals surface area (Å²) in [5.74, 6) is -1.79. The molecular weight excluding hydrogens is 262 g/mol. The molecule has 0 bridgehead atoms. The number of aromatic nitrogens is 1. The average molecular weight is 279 g/mol. The third-order valence-electron chi connectivity index (χ3n) is 2.32. The minimum Gasteiger partial charge on any atom is -0.477 e. The fourth-order valence-corrected chi connectivity index (χ4v) is 1.31. The lowest BCUT2D eigenvalue weighted by molar-refractivity contribution is -0.120. The highest BCUT2D eigenvalue weighted by Crippen LogP contribution is 1.99. The molecule has 0 spiro atoms. The third kappa shape index (κ3) is 5.05. The van der Waals surface area contributed by atoms with Crippen LogP contribution < -0.4 is 10.6 Å². The van der Waals surface area contributed by atoms with Crippen LogP contribution in [0.4, 0.5) is 0 Å². The molecule has 1 aromatic heterocycles. The number of amides is 2. The largest absolute Gasteiger partial charge is 0.477 e. The first kappa shape index (κ1) is 15.6. The van der Waals surface area contributed by atoms with Crippen LogP contribution in [0.3, 0.4) is 0 Å². The van der Waals surface area contributed by atoms with Gasteiger partial charge in [-0.05, 0) is 18.1 Å². The average Bonchev–Trinajstić information content (AvgIpc) is 2.42. The van der Waals surface area contributed by atoms with Crippen molar-refractivity contribution >= 4 is 17.8 Å². The fraction of sp³-hybridized carbons (Fsp3) is 0.385. The Labute approximate surface area is 116 Å². The summed E-state index contributed by atoms with van der Waals surface area (Å²) in [6.45, 7) is 4.27. The van der Waals surface area contributed by atoms with E-state index in [9.17, 15) is 14.4 Å². The number of aromatic carboxylic acids is 1. The number of nitrogens with zero attached hydrogens (tertiary/aromatic N) is 1. The summed E-state index contributed by atoms with van der Waals surface area (Å²) in [6.07, 6.45) is 0. The van der Waals surface area contributed by atoms with E-state index in [2.05, 4.69) is 15.6 Å². The van der Waals surface area contributed by atoms with Gasteiger partial charge < -0.3 is 15.7 Å². The molecule has 20 heavy (non-hydrogen) atoms. The van der Waals surface area contributed by atoms with Crippen molar-refractivity contribution < 1.29 is 19.5 Å². The lowest BCUT2D eigenvalue weighted by atomic mass is 10.2. The number of carbonyl (C=O) groups is 3. The third-order valence-corrected chi connectivity index (χ3v) is 2.32. The first-order chi connectivity index (χ1) is 9.40. The Bertz CT molecular complexity index is 514. The van der Waals surface area contributed by atoms with Gasteiger partial charge in [-0.1, -0.05) is 19.9 Å². The second-order valence-corrected chi connectivity index (χ2v) is 4.59.